The van der Waals surface area contributed by atoms with E-state index in [1.54, 1.807) is 19.1 Å². The summed E-state index contributed by atoms with van der Waals surface area (Å²) in [5.41, 5.74) is 2.80. The molecule has 2 aromatic carbocycles. The van der Waals surface area contributed by atoms with Gasteiger partial charge in [-0.05, 0) is 55.2 Å². The van der Waals surface area contributed by atoms with E-state index in [9.17, 15) is 13.2 Å². The summed E-state index contributed by atoms with van der Waals surface area (Å²) in [4.78, 5) is 0. The summed E-state index contributed by atoms with van der Waals surface area (Å²) in [5, 5.41) is 0. The van der Waals surface area contributed by atoms with Gasteiger partial charge >= 0.3 is 0 Å². The molecule has 0 bridgehead atoms. The van der Waals surface area contributed by atoms with E-state index in [0.717, 1.165) is 37.2 Å². The topological polar surface area (TPSA) is 0 Å². The molecule has 0 aromatic heterocycles. The molecule has 2 aromatic rings. The van der Waals surface area contributed by atoms with Crippen molar-refractivity contribution in [2.45, 2.75) is 89.5 Å². The highest BCUT2D eigenvalue weighted by Gasteiger charge is 2.22. The van der Waals surface area contributed by atoms with Crippen molar-refractivity contribution in [2.75, 3.05) is 0 Å². The summed E-state index contributed by atoms with van der Waals surface area (Å²) >= 11 is 0. The molecule has 1 heterocycles. The van der Waals surface area contributed by atoms with Crippen molar-refractivity contribution in [3.8, 4) is 11.1 Å². The summed E-state index contributed by atoms with van der Waals surface area (Å²) in [7, 11) is -0.615. The number of alkyl halides is 1. The van der Waals surface area contributed by atoms with Crippen molar-refractivity contribution in [1.82, 2.24) is 0 Å². The van der Waals surface area contributed by atoms with Gasteiger partial charge in [0.25, 0.3) is 0 Å². The molecular weight excluding hydrogens is 409 g/mol. The molecule has 1 fully saturated rings. The molecule has 31 heavy (non-hydrogen) atoms. The lowest BCUT2D eigenvalue weighted by Gasteiger charge is -2.27. The zero-order valence-electron chi connectivity index (χ0n) is 19.1. The first-order chi connectivity index (χ1) is 15.0. The SMILES string of the molecule is CCCc1ccc(-c2ccc(CC[C@H]3CC[Si@H](CCCC(C)F)CC3)cc2)c(F)c1F. The normalized spacial score (nSPS) is 20.0. The quantitative estimate of drug-likeness (QED) is 0.322. The fourth-order valence-electron chi connectivity index (χ4n) is 4.99. The van der Waals surface area contributed by atoms with E-state index in [4.69, 9.17) is 0 Å². The van der Waals surface area contributed by atoms with E-state index in [-0.39, 0.29) is 0 Å². The minimum Gasteiger partial charge on any atom is -0.248 e. The first-order valence-electron chi connectivity index (χ1n) is 12.2. The number of benzene rings is 2. The minimum absolute atomic E-state index is 0.342. The molecule has 4 heteroatoms. The van der Waals surface area contributed by atoms with Gasteiger partial charge in [0.1, 0.15) is 0 Å². The molecule has 1 aliphatic rings. The summed E-state index contributed by atoms with van der Waals surface area (Å²) in [6.07, 6.45) is 7.46. The molecule has 0 saturated carbocycles. The van der Waals surface area contributed by atoms with Crippen molar-refractivity contribution >= 4 is 8.80 Å². The third kappa shape index (κ3) is 6.97. The third-order valence-electron chi connectivity index (χ3n) is 6.97. The Balaban J connectivity index is 1.48. The molecule has 1 atom stereocenters. The van der Waals surface area contributed by atoms with Crippen LogP contribution in [0.25, 0.3) is 11.1 Å². The highest BCUT2D eigenvalue weighted by Crippen LogP contribution is 2.32. The van der Waals surface area contributed by atoms with Crippen molar-refractivity contribution in [3.63, 3.8) is 0 Å². The van der Waals surface area contributed by atoms with Gasteiger partial charge in [0, 0.05) is 14.4 Å². The predicted molar refractivity (Wildman–Crippen MR) is 128 cm³/mol. The third-order valence-corrected chi connectivity index (χ3v) is 10.5. The van der Waals surface area contributed by atoms with Crippen LogP contribution in [0.4, 0.5) is 13.2 Å². The molecule has 0 spiro atoms. The molecule has 170 valence electrons. The maximum atomic E-state index is 14.5. The van der Waals surface area contributed by atoms with Gasteiger partial charge in [0.2, 0.25) is 0 Å². The number of aryl methyl sites for hydroxylation is 2. The van der Waals surface area contributed by atoms with E-state index in [1.165, 1.54) is 43.0 Å². The average molecular weight is 447 g/mol. The molecule has 1 saturated heterocycles. The zero-order valence-corrected chi connectivity index (χ0v) is 20.3. The molecule has 0 aliphatic carbocycles. The summed E-state index contributed by atoms with van der Waals surface area (Å²) in [6.45, 7) is 3.63. The molecule has 1 unspecified atom stereocenters. The Bertz CT molecular complexity index is 808. The first-order valence-corrected chi connectivity index (χ1v) is 14.6. The van der Waals surface area contributed by atoms with Gasteiger partial charge in [0.15, 0.2) is 11.6 Å². The van der Waals surface area contributed by atoms with Crippen LogP contribution >= 0.6 is 0 Å². The van der Waals surface area contributed by atoms with Crippen LogP contribution in [0, 0.1) is 17.6 Å². The maximum absolute atomic E-state index is 14.5. The number of halogens is 3. The lowest BCUT2D eigenvalue weighted by molar-refractivity contribution is 0.338. The van der Waals surface area contributed by atoms with Crippen LogP contribution in [0.1, 0.15) is 63.5 Å². The van der Waals surface area contributed by atoms with Crippen LogP contribution in [0.3, 0.4) is 0 Å². The van der Waals surface area contributed by atoms with Crippen LogP contribution in [-0.2, 0) is 12.8 Å². The number of hydrogen-bond donors (Lipinski definition) is 0. The summed E-state index contributed by atoms with van der Waals surface area (Å²) in [6, 6.07) is 15.5. The number of rotatable bonds is 10. The monoisotopic (exact) mass is 446 g/mol. The average Bonchev–Trinajstić information content (AvgIpc) is 2.77. The van der Waals surface area contributed by atoms with Crippen molar-refractivity contribution in [3.05, 3.63) is 59.2 Å². The van der Waals surface area contributed by atoms with Gasteiger partial charge in [-0.15, -0.1) is 0 Å². The van der Waals surface area contributed by atoms with Crippen LogP contribution in [0.15, 0.2) is 36.4 Å². The minimum atomic E-state index is -0.736. The van der Waals surface area contributed by atoms with E-state index < -0.39 is 26.6 Å². The molecule has 0 radical (unpaired) electrons. The second kappa shape index (κ2) is 11.9. The Morgan fingerprint density at radius 3 is 2.32 bits per heavy atom. The van der Waals surface area contributed by atoms with Crippen molar-refractivity contribution in [1.29, 1.82) is 0 Å². The standard InChI is InChI=1S/C27H37F3Si/c1-3-5-24-13-14-25(27(30)26(24)29)23-11-9-21(10-12-23)7-8-22-15-18-31(19-16-22)17-4-6-20(2)28/h9-14,20,22,31H,3-8,15-19H2,1-2H3/t20?,22-,31-. The zero-order chi connectivity index (χ0) is 22.2. The Hall–Kier alpha value is -1.55. The number of hydrogen-bond acceptors (Lipinski definition) is 0. The molecule has 1 aliphatic heterocycles. The van der Waals surface area contributed by atoms with E-state index in [0.29, 0.717) is 17.5 Å². The summed E-state index contributed by atoms with van der Waals surface area (Å²) < 4.78 is 41.8. The van der Waals surface area contributed by atoms with Crippen molar-refractivity contribution < 1.29 is 13.2 Å². The van der Waals surface area contributed by atoms with Crippen LogP contribution in [-0.4, -0.2) is 15.0 Å². The molecule has 0 N–H and O–H groups in total. The van der Waals surface area contributed by atoms with Gasteiger partial charge in [-0.2, -0.15) is 0 Å². The van der Waals surface area contributed by atoms with E-state index in [2.05, 4.69) is 12.1 Å². The fraction of sp³-hybridized carbons (Fsp3) is 0.556. The highest BCUT2D eigenvalue weighted by atomic mass is 28.3. The van der Waals surface area contributed by atoms with Gasteiger partial charge in [-0.1, -0.05) is 87.1 Å². The Labute approximate surface area is 187 Å². The second-order valence-corrected chi connectivity index (χ2v) is 12.9. The predicted octanol–water partition coefficient (Wildman–Crippen LogP) is 8.29. The van der Waals surface area contributed by atoms with Gasteiger partial charge < -0.3 is 0 Å². The first kappa shape index (κ1) is 24.1. The molecule has 0 amide bonds. The maximum Gasteiger partial charge on any atom is 0.166 e. The Morgan fingerprint density at radius 1 is 0.968 bits per heavy atom. The van der Waals surface area contributed by atoms with Crippen LogP contribution in [0.5, 0.6) is 0 Å². The summed E-state index contributed by atoms with van der Waals surface area (Å²) in [5.74, 6) is -0.636. The Kier molecular flexibility index (Phi) is 9.25. The lowest BCUT2D eigenvalue weighted by atomic mass is 9.93. The van der Waals surface area contributed by atoms with Crippen molar-refractivity contribution in [2.24, 2.45) is 5.92 Å². The second-order valence-electron chi connectivity index (χ2n) is 9.48. The van der Waals surface area contributed by atoms with Crippen LogP contribution < -0.4 is 0 Å². The molecule has 0 nitrogen and oxygen atoms in total. The van der Waals surface area contributed by atoms with Gasteiger partial charge in [-0.25, -0.2) is 13.2 Å². The largest absolute Gasteiger partial charge is 0.248 e. The Morgan fingerprint density at radius 2 is 1.68 bits per heavy atom. The van der Waals surface area contributed by atoms with E-state index >= 15 is 0 Å². The fourth-order valence-corrected chi connectivity index (χ4v) is 8.56. The smallest absolute Gasteiger partial charge is 0.166 e. The van der Waals surface area contributed by atoms with E-state index in [1.807, 2.05) is 19.1 Å². The van der Waals surface area contributed by atoms with Gasteiger partial charge in [0.05, 0.1) is 6.17 Å². The lowest BCUT2D eigenvalue weighted by Crippen LogP contribution is -2.21. The van der Waals surface area contributed by atoms with Crippen LogP contribution in [0.2, 0.25) is 18.1 Å². The van der Waals surface area contributed by atoms with Gasteiger partial charge in [-0.3, -0.25) is 0 Å². The highest BCUT2D eigenvalue weighted by molar-refractivity contribution is 6.58. The molecule has 3 rings (SSSR count). The molecular formula is C27H37F3Si.